The van der Waals surface area contributed by atoms with Crippen LogP contribution in [0.25, 0.3) is 0 Å². The fourth-order valence-electron chi connectivity index (χ4n) is 4.69. The van der Waals surface area contributed by atoms with Crippen molar-refractivity contribution in [3.8, 4) is 5.75 Å². The number of nitrogens with one attached hydrogen (secondary N) is 1. The highest BCUT2D eigenvalue weighted by Crippen LogP contribution is 2.22. The first kappa shape index (κ1) is 25.8. The first-order chi connectivity index (χ1) is 17.5. The lowest BCUT2D eigenvalue weighted by atomic mass is 10.0. The van der Waals surface area contributed by atoms with E-state index in [2.05, 4.69) is 5.32 Å². The normalized spacial score (nSPS) is 14.3. The predicted octanol–water partition coefficient (Wildman–Crippen LogP) is 5.73. The van der Waals surface area contributed by atoms with Crippen molar-refractivity contribution in [2.24, 2.45) is 0 Å². The molecule has 1 fully saturated rings. The van der Waals surface area contributed by atoms with Crippen LogP contribution in [0.5, 0.6) is 5.75 Å². The number of para-hydroxylation sites is 1. The molecule has 0 heterocycles. The smallest absolute Gasteiger partial charge is 0.261 e. The third-order valence-corrected chi connectivity index (χ3v) is 6.89. The molecule has 3 aromatic rings. The van der Waals surface area contributed by atoms with Crippen molar-refractivity contribution < 1.29 is 14.3 Å². The first-order valence-electron chi connectivity index (χ1n) is 12.6. The van der Waals surface area contributed by atoms with Crippen molar-refractivity contribution in [3.63, 3.8) is 0 Å². The van der Waals surface area contributed by atoms with Gasteiger partial charge in [-0.15, -0.1) is 0 Å². The van der Waals surface area contributed by atoms with Crippen LogP contribution in [0, 0.1) is 6.92 Å². The molecule has 0 aromatic heterocycles. The topological polar surface area (TPSA) is 58.6 Å². The van der Waals surface area contributed by atoms with Gasteiger partial charge in [-0.2, -0.15) is 0 Å². The largest absolute Gasteiger partial charge is 0.484 e. The van der Waals surface area contributed by atoms with Crippen LogP contribution in [0.2, 0.25) is 5.02 Å². The third kappa shape index (κ3) is 7.11. The Balaban J connectivity index is 1.62. The summed E-state index contributed by atoms with van der Waals surface area (Å²) in [5.41, 5.74) is 2.80. The van der Waals surface area contributed by atoms with Crippen LogP contribution in [0.1, 0.15) is 42.4 Å². The third-order valence-electron chi connectivity index (χ3n) is 6.66. The van der Waals surface area contributed by atoms with Crippen LogP contribution >= 0.6 is 11.6 Å². The van der Waals surface area contributed by atoms with Gasteiger partial charge in [0.2, 0.25) is 5.91 Å². The van der Waals surface area contributed by atoms with E-state index in [9.17, 15) is 9.59 Å². The van der Waals surface area contributed by atoms with Crippen molar-refractivity contribution in [3.05, 3.63) is 101 Å². The SMILES string of the molecule is Cc1ccccc1OCC(=O)N(Cc1cccc(Cl)c1)[C@@H](Cc1ccccc1)C(=O)NC1CCCC1. The number of ether oxygens (including phenoxy) is 1. The highest BCUT2D eigenvalue weighted by atomic mass is 35.5. The van der Waals surface area contributed by atoms with E-state index < -0.39 is 6.04 Å². The van der Waals surface area contributed by atoms with E-state index in [-0.39, 0.29) is 31.0 Å². The molecule has 0 unspecified atom stereocenters. The van der Waals surface area contributed by atoms with E-state index in [4.69, 9.17) is 16.3 Å². The number of hydrogen-bond donors (Lipinski definition) is 1. The monoisotopic (exact) mass is 504 g/mol. The lowest BCUT2D eigenvalue weighted by Crippen LogP contribution is -2.53. The van der Waals surface area contributed by atoms with Gasteiger partial charge in [-0.25, -0.2) is 0 Å². The van der Waals surface area contributed by atoms with Crippen LogP contribution in [-0.2, 0) is 22.6 Å². The van der Waals surface area contributed by atoms with E-state index >= 15 is 0 Å². The lowest BCUT2D eigenvalue weighted by molar-refractivity contribution is -0.143. The second-order valence-corrected chi connectivity index (χ2v) is 9.84. The van der Waals surface area contributed by atoms with E-state index in [1.54, 1.807) is 11.0 Å². The maximum Gasteiger partial charge on any atom is 0.261 e. The highest BCUT2D eigenvalue weighted by Gasteiger charge is 2.32. The van der Waals surface area contributed by atoms with E-state index in [1.807, 2.05) is 79.7 Å². The fourth-order valence-corrected chi connectivity index (χ4v) is 4.91. The second-order valence-electron chi connectivity index (χ2n) is 9.40. The molecule has 1 N–H and O–H groups in total. The minimum atomic E-state index is -0.681. The average Bonchev–Trinajstić information content (AvgIpc) is 3.39. The van der Waals surface area contributed by atoms with Crippen LogP contribution in [0.3, 0.4) is 0 Å². The van der Waals surface area contributed by atoms with Crippen molar-refractivity contribution in [1.82, 2.24) is 10.2 Å². The van der Waals surface area contributed by atoms with Gasteiger partial charge in [0.05, 0.1) is 0 Å². The molecule has 1 saturated carbocycles. The molecule has 1 aliphatic carbocycles. The van der Waals surface area contributed by atoms with Crippen molar-refractivity contribution in [2.75, 3.05) is 6.61 Å². The Kier molecular flexibility index (Phi) is 9.01. The summed E-state index contributed by atoms with van der Waals surface area (Å²) >= 11 is 6.24. The molecule has 0 radical (unpaired) electrons. The molecule has 1 atom stereocenters. The molecule has 2 amide bonds. The van der Waals surface area contributed by atoms with Gasteiger partial charge in [-0.1, -0.05) is 85.1 Å². The van der Waals surface area contributed by atoms with E-state index in [0.29, 0.717) is 17.2 Å². The summed E-state index contributed by atoms with van der Waals surface area (Å²) in [5, 5.41) is 3.80. The summed E-state index contributed by atoms with van der Waals surface area (Å²) in [7, 11) is 0. The molecule has 6 heteroatoms. The summed E-state index contributed by atoms with van der Waals surface area (Å²) in [6, 6.07) is 24.3. The number of hydrogen-bond acceptors (Lipinski definition) is 3. The van der Waals surface area contributed by atoms with Crippen LogP contribution in [-0.4, -0.2) is 35.4 Å². The Morgan fingerprint density at radius 3 is 2.39 bits per heavy atom. The first-order valence-corrected chi connectivity index (χ1v) is 12.9. The lowest BCUT2D eigenvalue weighted by Gasteiger charge is -2.32. The highest BCUT2D eigenvalue weighted by molar-refractivity contribution is 6.30. The minimum Gasteiger partial charge on any atom is -0.484 e. The zero-order chi connectivity index (χ0) is 25.3. The zero-order valence-corrected chi connectivity index (χ0v) is 21.4. The molecule has 4 rings (SSSR count). The van der Waals surface area contributed by atoms with Gasteiger partial charge >= 0.3 is 0 Å². The Hall–Kier alpha value is -3.31. The number of rotatable bonds is 10. The summed E-state index contributed by atoms with van der Waals surface area (Å²) in [6.45, 7) is 2.04. The summed E-state index contributed by atoms with van der Waals surface area (Å²) < 4.78 is 5.91. The summed E-state index contributed by atoms with van der Waals surface area (Å²) in [5.74, 6) is 0.279. The Labute approximate surface area is 218 Å². The van der Waals surface area contributed by atoms with Gasteiger partial charge in [0.15, 0.2) is 6.61 Å². The summed E-state index contributed by atoms with van der Waals surface area (Å²) in [4.78, 5) is 29.0. The van der Waals surface area contributed by atoms with Crippen LogP contribution < -0.4 is 10.1 Å². The maximum absolute atomic E-state index is 13.7. The standard InChI is InChI=1S/C30H33ClN2O3/c1-22-10-5-8-17-28(22)36-21-29(34)33(20-24-13-9-14-25(31)18-24)27(19-23-11-3-2-4-12-23)30(35)32-26-15-6-7-16-26/h2-5,8-14,17-18,26-27H,6-7,15-16,19-21H2,1H3,(H,32,35)/t27-/m0/s1. The van der Waals surface area contributed by atoms with Crippen molar-refractivity contribution in [2.45, 2.75) is 57.7 Å². The summed E-state index contributed by atoms with van der Waals surface area (Å²) in [6.07, 6.45) is 4.59. The zero-order valence-electron chi connectivity index (χ0n) is 20.7. The molecule has 36 heavy (non-hydrogen) atoms. The fraction of sp³-hybridized carbons (Fsp3) is 0.333. The number of amides is 2. The van der Waals surface area contributed by atoms with Crippen LogP contribution in [0.15, 0.2) is 78.9 Å². The maximum atomic E-state index is 13.7. The van der Waals surface area contributed by atoms with Gasteiger partial charge in [0.1, 0.15) is 11.8 Å². The molecule has 0 spiro atoms. The number of halogens is 1. The van der Waals surface area contributed by atoms with Gasteiger partial charge in [0, 0.05) is 24.0 Å². The van der Waals surface area contributed by atoms with Gasteiger partial charge in [-0.05, 0) is 54.7 Å². The average molecular weight is 505 g/mol. The molecule has 0 bridgehead atoms. The number of carbonyl (C=O) groups excluding carboxylic acids is 2. The van der Waals surface area contributed by atoms with Gasteiger partial charge in [-0.3, -0.25) is 9.59 Å². The molecule has 0 saturated heterocycles. The molecule has 1 aliphatic rings. The number of benzene rings is 3. The quantitative estimate of drug-likeness (QED) is 0.384. The number of nitrogens with zero attached hydrogens (tertiary/aromatic N) is 1. The van der Waals surface area contributed by atoms with E-state index in [1.165, 1.54) is 0 Å². The molecule has 188 valence electrons. The predicted molar refractivity (Wildman–Crippen MR) is 143 cm³/mol. The number of aryl methyl sites for hydroxylation is 1. The Bertz CT molecular complexity index is 1160. The van der Waals surface area contributed by atoms with Crippen molar-refractivity contribution in [1.29, 1.82) is 0 Å². The molecule has 0 aliphatic heterocycles. The Morgan fingerprint density at radius 1 is 0.972 bits per heavy atom. The molecular formula is C30H33ClN2O3. The van der Waals surface area contributed by atoms with Gasteiger partial charge < -0.3 is 15.0 Å². The van der Waals surface area contributed by atoms with Crippen molar-refractivity contribution >= 4 is 23.4 Å². The molecular weight excluding hydrogens is 472 g/mol. The number of carbonyl (C=O) groups is 2. The van der Waals surface area contributed by atoms with Crippen LogP contribution in [0.4, 0.5) is 0 Å². The molecule has 3 aromatic carbocycles. The van der Waals surface area contributed by atoms with E-state index in [0.717, 1.165) is 42.4 Å². The molecule has 5 nitrogen and oxygen atoms in total. The Morgan fingerprint density at radius 2 is 1.67 bits per heavy atom. The second kappa shape index (κ2) is 12.6. The van der Waals surface area contributed by atoms with Gasteiger partial charge in [0.25, 0.3) is 5.91 Å². The minimum absolute atomic E-state index is 0.128.